The van der Waals surface area contributed by atoms with Crippen molar-refractivity contribution in [3.8, 4) is 17.2 Å². The molecule has 0 atom stereocenters. The molecule has 0 saturated carbocycles. The molecule has 0 aliphatic carbocycles. The molecular weight excluding hydrogens is 352 g/mol. The molecule has 0 heterocycles. The molecule has 0 amide bonds. The first kappa shape index (κ1) is 20.3. The maximum absolute atomic E-state index is 11.7. The molecule has 0 aliphatic heterocycles. The Morgan fingerprint density at radius 2 is 1.62 bits per heavy atom. The molecule has 2 aromatic rings. The number of unbranched alkanes of at least 4 members (excludes halogenated alkanes) is 5. The summed E-state index contributed by atoms with van der Waals surface area (Å²) in [4.78, 5) is -0.122. The number of aryl methyl sites for hydroxylation is 1. The molecule has 0 fully saturated rings. The normalized spacial score (nSPS) is 11.5. The van der Waals surface area contributed by atoms with Gasteiger partial charge >= 0.3 is 0 Å². The highest BCUT2D eigenvalue weighted by atomic mass is 32.2. The third-order valence-electron chi connectivity index (χ3n) is 4.17. The van der Waals surface area contributed by atoms with Crippen molar-refractivity contribution in [1.82, 2.24) is 0 Å². The molecule has 2 rings (SSSR count). The molecule has 0 aromatic heterocycles. The molecule has 2 N–H and O–H groups in total. The molecule has 2 aromatic carbocycles. The van der Waals surface area contributed by atoms with E-state index in [1.807, 2.05) is 0 Å². The Morgan fingerprint density at radius 1 is 0.923 bits per heavy atom. The van der Waals surface area contributed by atoms with Gasteiger partial charge in [0.05, 0.1) is 0 Å². The van der Waals surface area contributed by atoms with E-state index in [1.165, 1.54) is 37.5 Å². The van der Waals surface area contributed by atoms with Crippen molar-refractivity contribution in [3.05, 3.63) is 48.0 Å². The van der Waals surface area contributed by atoms with Gasteiger partial charge < -0.3 is 9.84 Å². The van der Waals surface area contributed by atoms with Gasteiger partial charge in [0.1, 0.15) is 22.1 Å². The number of hydrogen-bond donors (Lipinski definition) is 2. The molecule has 0 saturated heterocycles. The van der Waals surface area contributed by atoms with Crippen molar-refractivity contribution < 1.29 is 22.8 Å². The maximum atomic E-state index is 11.7. The van der Waals surface area contributed by atoms with E-state index in [-0.39, 0.29) is 16.4 Å². The summed E-state index contributed by atoms with van der Waals surface area (Å²) < 4.78 is 38.6. The number of rotatable bonds is 10. The summed E-state index contributed by atoms with van der Waals surface area (Å²) in [6.07, 6.45) is 7.23. The monoisotopic (exact) mass is 378 g/mol. The summed E-state index contributed by atoms with van der Waals surface area (Å²) in [5.74, 6) is 0.724. The van der Waals surface area contributed by atoms with Crippen molar-refractivity contribution in [2.75, 3.05) is 0 Å². The van der Waals surface area contributed by atoms with Crippen LogP contribution in [0, 0.1) is 0 Å². The van der Waals surface area contributed by atoms with Gasteiger partial charge in [-0.3, -0.25) is 4.55 Å². The van der Waals surface area contributed by atoms with Crippen LogP contribution in [0.25, 0.3) is 0 Å². The Balaban J connectivity index is 2.09. The Bertz CT molecular complexity index is 815. The lowest BCUT2D eigenvalue weighted by atomic mass is 10.0. The topological polar surface area (TPSA) is 83.8 Å². The number of hydrogen-bond acceptors (Lipinski definition) is 4. The summed E-state index contributed by atoms with van der Waals surface area (Å²) in [6, 6.07) is 10.9. The molecule has 0 unspecified atom stereocenters. The van der Waals surface area contributed by atoms with Crippen LogP contribution in [-0.2, 0) is 16.5 Å². The molecule has 5 nitrogen and oxygen atoms in total. The van der Waals surface area contributed by atoms with Crippen LogP contribution in [0.4, 0.5) is 0 Å². The van der Waals surface area contributed by atoms with Crippen LogP contribution in [0.3, 0.4) is 0 Å². The number of aromatic hydroxyl groups is 1. The quantitative estimate of drug-likeness (QED) is 0.431. The summed E-state index contributed by atoms with van der Waals surface area (Å²) in [7, 11) is -4.34. The smallest absolute Gasteiger partial charge is 0.294 e. The Labute approximate surface area is 155 Å². The van der Waals surface area contributed by atoms with E-state index in [2.05, 4.69) is 6.92 Å². The third kappa shape index (κ3) is 6.35. The van der Waals surface area contributed by atoms with Gasteiger partial charge in [0.15, 0.2) is 0 Å². The molecule has 0 radical (unpaired) electrons. The Kier molecular flexibility index (Phi) is 7.48. The van der Waals surface area contributed by atoms with E-state index < -0.39 is 10.1 Å². The molecule has 142 valence electrons. The van der Waals surface area contributed by atoms with E-state index in [9.17, 15) is 18.1 Å². The summed E-state index contributed by atoms with van der Waals surface area (Å²) in [5.41, 5.74) is 0.589. The molecule has 0 spiro atoms. The maximum Gasteiger partial charge on any atom is 0.294 e. The predicted octanol–water partition coefficient (Wildman–Crippen LogP) is 5.33. The number of phenols is 1. The Morgan fingerprint density at radius 3 is 2.31 bits per heavy atom. The lowest BCUT2D eigenvalue weighted by molar-refractivity contribution is 0.452. The van der Waals surface area contributed by atoms with Gasteiger partial charge in [-0.25, -0.2) is 0 Å². The van der Waals surface area contributed by atoms with Gasteiger partial charge in [0.25, 0.3) is 10.1 Å². The zero-order valence-corrected chi connectivity index (χ0v) is 15.8. The largest absolute Gasteiger partial charge is 0.508 e. The van der Waals surface area contributed by atoms with Crippen molar-refractivity contribution >= 4 is 10.1 Å². The highest BCUT2D eigenvalue weighted by Gasteiger charge is 2.17. The minimum atomic E-state index is -4.34. The van der Waals surface area contributed by atoms with Crippen LogP contribution < -0.4 is 4.74 Å². The summed E-state index contributed by atoms with van der Waals surface area (Å²) >= 11 is 0. The minimum Gasteiger partial charge on any atom is -0.508 e. The van der Waals surface area contributed by atoms with Gasteiger partial charge in [0.2, 0.25) is 0 Å². The highest BCUT2D eigenvalue weighted by molar-refractivity contribution is 7.85. The average Bonchev–Trinajstić information content (AvgIpc) is 2.58. The van der Waals surface area contributed by atoms with E-state index in [0.29, 0.717) is 17.7 Å². The van der Waals surface area contributed by atoms with Gasteiger partial charge in [0, 0.05) is 12.1 Å². The van der Waals surface area contributed by atoms with Crippen molar-refractivity contribution in [3.63, 3.8) is 0 Å². The average molecular weight is 378 g/mol. The zero-order valence-electron chi connectivity index (χ0n) is 15.0. The van der Waals surface area contributed by atoms with Crippen molar-refractivity contribution in [2.24, 2.45) is 0 Å². The lowest BCUT2D eigenvalue weighted by Crippen LogP contribution is -2.04. The van der Waals surface area contributed by atoms with Crippen LogP contribution in [0.2, 0.25) is 0 Å². The van der Waals surface area contributed by atoms with Crippen molar-refractivity contribution in [2.45, 2.75) is 56.8 Å². The number of ether oxygens (including phenoxy) is 1. The second-order valence-electron chi connectivity index (χ2n) is 6.36. The second kappa shape index (κ2) is 9.59. The van der Waals surface area contributed by atoms with Crippen LogP contribution in [-0.4, -0.2) is 18.1 Å². The van der Waals surface area contributed by atoms with Gasteiger partial charge in [-0.1, -0.05) is 51.2 Å². The predicted molar refractivity (Wildman–Crippen MR) is 102 cm³/mol. The van der Waals surface area contributed by atoms with E-state index in [4.69, 9.17) is 4.74 Å². The standard InChI is InChI=1S/C20H26O5S/c1-2-3-4-5-6-7-9-16-12-13-19(15-20(16)26(22,23)24)25-18-11-8-10-17(21)14-18/h8,10-15,21H,2-7,9H2,1H3,(H,22,23,24). The molecule has 0 aliphatic rings. The SMILES string of the molecule is CCCCCCCCc1ccc(Oc2cccc(O)c2)cc1S(=O)(=O)O. The van der Waals surface area contributed by atoms with Crippen LogP contribution in [0.1, 0.15) is 51.0 Å². The number of benzene rings is 2. The fourth-order valence-corrected chi connectivity index (χ4v) is 3.59. The molecule has 6 heteroatoms. The molecule has 26 heavy (non-hydrogen) atoms. The minimum absolute atomic E-state index is 0.0530. The zero-order chi connectivity index (χ0) is 19.0. The first-order valence-electron chi connectivity index (χ1n) is 8.97. The fourth-order valence-electron chi connectivity index (χ4n) is 2.82. The third-order valence-corrected chi connectivity index (χ3v) is 5.11. The van der Waals surface area contributed by atoms with Crippen LogP contribution in [0.5, 0.6) is 17.2 Å². The van der Waals surface area contributed by atoms with E-state index >= 15 is 0 Å². The Hall–Kier alpha value is -2.05. The second-order valence-corrected chi connectivity index (χ2v) is 7.75. The number of phenolic OH excluding ortho intramolecular Hbond substituents is 1. The van der Waals surface area contributed by atoms with E-state index in [1.54, 1.807) is 24.3 Å². The van der Waals surface area contributed by atoms with Gasteiger partial charge in [-0.05, 0) is 36.6 Å². The first-order chi connectivity index (χ1) is 12.4. The molecule has 0 bridgehead atoms. The lowest BCUT2D eigenvalue weighted by Gasteiger charge is -2.11. The van der Waals surface area contributed by atoms with E-state index in [0.717, 1.165) is 19.3 Å². The highest BCUT2D eigenvalue weighted by Crippen LogP contribution is 2.29. The first-order valence-corrected chi connectivity index (χ1v) is 10.4. The summed E-state index contributed by atoms with van der Waals surface area (Å²) in [5, 5.41) is 9.48. The van der Waals surface area contributed by atoms with Crippen LogP contribution >= 0.6 is 0 Å². The van der Waals surface area contributed by atoms with Gasteiger partial charge in [-0.15, -0.1) is 0 Å². The van der Waals surface area contributed by atoms with Crippen LogP contribution in [0.15, 0.2) is 47.4 Å². The summed E-state index contributed by atoms with van der Waals surface area (Å²) in [6.45, 7) is 2.17. The fraction of sp³-hybridized carbons (Fsp3) is 0.400. The van der Waals surface area contributed by atoms with Gasteiger partial charge in [-0.2, -0.15) is 8.42 Å². The van der Waals surface area contributed by atoms with Crippen molar-refractivity contribution in [1.29, 1.82) is 0 Å². The molecular formula is C20H26O5S.